The van der Waals surface area contributed by atoms with Gasteiger partial charge in [0.1, 0.15) is 5.28 Å². The maximum absolute atomic E-state index is 12.0. The predicted octanol–water partition coefficient (Wildman–Crippen LogP) is 1.88. The number of nitrogens with one attached hydrogen (secondary N) is 2. The second-order valence-electron chi connectivity index (χ2n) is 4.21. The quantitative estimate of drug-likeness (QED) is 0.378. The molecule has 1 amide bonds. The van der Waals surface area contributed by atoms with E-state index in [0.717, 1.165) is 0 Å². The second kappa shape index (κ2) is 8.17. The van der Waals surface area contributed by atoms with Crippen molar-refractivity contribution in [1.29, 1.82) is 0 Å². The van der Waals surface area contributed by atoms with Gasteiger partial charge in [-0.1, -0.05) is 44.2 Å². The van der Waals surface area contributed by atoms with Gasteiger partial charge in [0.15, 0.2) is 0 Å². The van der Waals surface area contributed by atoms with Crippen molar-refractivity contribution in [2.45, 2.75) is 26.1 Å². The first kappa shape index (κ1) is 18.8. The highest BCUT2D eigenvalue weighted by Crippen LogP contribution is 2.55. The molecular weight excluding hydrogens is 279 g/mol. The molecule has 6 nitrogen and oxygen atoms in total. The number of hydrogen-bond donors (Lipinski definition) is 4. The zero-order valence-corrected chi connectivity index (χ0v) is 13.1. The highest BCUT2D eigenvalue weighted by molar-refractivity contribution is 7.58. The fourth-order valence-electron chi connectivity index (χ4n) is 1.54. The van der Waals surface area contributed by atoms with E-state index in [1.54, 1.807) is 37.3 Å². The average Bonchev–Trinajstić information content (AvgIpc) is 2.46. The Morgan fingerprint density at radius 1 is 1.30 bits per heavy atom. The van der Waals surface area contributed by atoms with Gasteiger partial charge in [-0.2, -0.15) is 0 Å². The van der Waals surface area contributed by atoms with Gasteiger partial charge in [-0.3, -0.25) is 19.9 Å². The maximum atomic E-state index is 12.0. The van der Waals surface area contributed by atoms with E-state index in [1.807, 2.05) is 13.8 Å². The van der Waals surface area contributed by atoms with Crippen molar-refractivity contribution < 1.29 is 19.5 Å². The first-order valence-electron chi connectivity index (χ1n) is 6.35. The standard InChI is InChI=1S/C11H17N2O4P.C2H6/c1-11(18(2,16)17,12-8-10(14)13-15)9-6-4-3-5-7-9;1-2/h3-7,12,15H,8H2,1-2H3,(H,13,14)(H,16,17);1-2H3. The molecule has 20 heavy (non-hydrogen) atoms. The fraction of sp³-hybridized carbons (Fsp3) is 0.462. The van der Waals surface area contributed by atoms with Crippen LogP contribution < -0.4 is 10.8 Å². The number of benzene rings is 1. The van der Waals surface area contributed by atoms with E-state index in [4.69, 9.17) is 5.21 Å². The third-order valence-electron chi connectivity index (χ3n) is 2.88. The van der Waals surface area contributed by atoms with Crippen LogP contribution in [-0.4, -0.2) is 29.2 Å². The molecule has 2 atom stereocenters. The van der Waals surface area contributed by atoms with Gasteiger partial charge >= 0.3 is 0 Å². The summed E-state index contributed by atoms with van der Waals surface area (Å²) in [6, 6.07) is 8.70. The van der Waals surface area contributed by atoms with Gasteiger partial charge in [-0.15, -0.1) is 0 Å². The third-order valence-corrected chi connectivity index (χ3v) is 4.96. The number of rotatable bonds is 5. The minimum atomic E-state index is -3.55. The van der Waals surface area contributed by atoms with Crippen LogP contribution in [0, 0.1) is 0 Å². The van der Waals surface area contributed by atoms with Gasteiger partial charge in [0, 0.05) is 6.66 Å². The lowest BCUT2D eigenvalue weighted by Gasteiger charge is -2.33. The molecule has 2 unspecified atom stereocenters. The molecule has 7 heteroatoms. The fourth-order valence-corrected chi connectivity index (χ4v) is 2.54. The molecule has 114 valence electrons. The Bertz CT molecular complexity index is 461. The smallest absolute Gasteiger partial charge is 0.257 e. The highest BCUT2D eigenvalue weighted by Gasteiger charge is 2.41. The van der Waals surface area contributed by atoms with Gasteiger partial charge < -0.3 is 4.89 Å². The van der Waals surface area contributed by atoms with Gasteiger partial charge in [-0.25, -0.2) is 5.48 Å². The van der Waals surface area contributed by atoms with E-state index >= 15 is 0 Å². The third kappa shape index (κ3) is 4.72. The Labute approximate surface area is 119 Å². The van der Waals surface area contributed by atoms with Crippen molar-refractivity contribution in [2.24, 2.45) is 0 Å². The van der Waals surface area contributed by atoms with Crippen molar-refractivity contribution >= 4 is 13.3 Å². The van der Waals surface area contributed by atoms with Crippen LogP contribution in [0.2, 0.25) is 0 Å². The summed E-state index contributed by atoms with van der Waals surface area (Å²) in [5, 5.41) is 9.90. The van der Waals surface area contributed by atoms with Crippen molar-refractivity contribution in [2.75, 3.05) is 13.2 Å². The molecule has 0 aliphatic rings. The molecule has 4 N–H and O–H groups in total. The van der Waals surface area contributed by atoms with Gasteiger partial charge in [-0.05, 0) is 12.5 Å². The summed E-state index contributed by atoms with van der Waals surface area (Å²) in [5.74, 6) is -0.675. The van der Waals surface area contributed by atoms with Crippen LogP contribution in [0.3, 0.4) is 0 Å². The second-order valence-corrected chi connectivity index (χ2v) is 6.86. The summed E-state index contributed by atoms with van der Waals surface area (Å²) in [6.07, 6.45) is 0. The van der Waals surface area contributed by atoms with E-state index < -0.39 is 18.6 Å². The van der Waals surface area contributed by atoms with Crippen LogP contribution in [0.15, 0.2) is 30.3 Å². The summed E-state index contributed by atoms with van der Waals surface area (Å²) in [7, 11) is -3.55. The van der Waals surface area contributed by atoms with Gasteiger partial charge in [0.05, 0.1) is 6.54 Å². The minimum Gasteiger partial charge on any atom is -0.343 e. The van der Waals surface area contributed by atoms with E-state index in [9.17, 15) is 14.3 Å². The van der Waals surface area contributed by atoms with Gasteiger partial charge in [0.25, 0.3) is 5.91 Å². The summed E-state index contributed by atoms with van der Waals surface area (Å²) < 4.78 is 12.0. The zero-order valence-electron chi connectivity index (χ0n) is 12.3. The van der Waals surface area contributed by atoms with E-state index in [2.05, 4.69) is 5.32 Å². The molecule has 0 aliphatic heterocycles. The van der Waals surface area contributed by atoms with Crippen LogP contribution in [0.25, 0.3) is 0 Å². The van der Waals surface area contributed by atoms with E-state index in [0.29, 0.717) is 5.56 Å². The normalized spacial score (nSPS) is 16.1. The molecule has 0 heterocycles. The van der Waals surface area contributed by atoms with Crippen molar-refractivity contribution in [1.82, 2.24) is 10.8 Å². The van der Waals surface area contributed by atoms with Crippen LogP contribution in [-0.2, 0) is 14.6 Å². The Morgan fingerprint density at radius 3 is 2.20 bits per heavy atom. The van der Waals surface area contributed by atoms with Crippen molar-refractivity contribution in [3.63, 3.8) is 0 Å². The number of hydrogen-bond acceptors (Lipinski definition) is 4. The molecule has 0 saturated heterocycles. The SMILES string of the molecule is CC.CC(NCC(=O)NO)(c1ccccc1)P(C)(=O)O. The predicted molar refractivity (Wildman–Crippen MR) is 78.8 cm³/mol. The number of carbonyl (C=O) groups excluding carboxylic acids is 1. The highest BCUT2D eigenvalue weighted by atomic mass is 31.2. The molecule has 0 bridgehead atoms. The molecule has 0 aliphatic carbocycles. The lowest BCUT2D eigenvalue weighted by atomic mass is 10.1. The molecule has 1 aromatic rings. The van der Waals surface area contributed by atoms with E-state index in [1.165, 1.54) is 12.1 Å². The average molecular weight is 302 g/mol. The van der Waals surface area contributed by atoms with Crippen LogP contribution in [0.1, 0.15) is 26.3 Å². The summed E-state index contributed by atoms with van der Waals surface area (Å²) >= 11 is 0. The van der Waals surface area contributed by atoms with Crippen LogP contribution in [0.5, 0.6) is 0 Å². The van der Waals surface area contributed by atoms with Crippen LogP contribution >= 0.6 is 7.37 Å². The lowest BCUT2D eigenvalue weighted by molar-refractivity contribution is -0.128. The molecule has 0 aromatic heterocycles. The Kier molecular flexibility index (Phi) is 7.68. The van der Waals surface area contributed by atoms with Gasteiger partial charge in [0.2, 0.25) is 7.37 Å². The monoisotopic (exact) mass is 302 g/mol. The molecule has 1 aromatic carbocycles. The Balaban J connectivity index is 0.00000172. The summed E-state index contributed by atoms with van der Waals surface area (Å²) in [6.45, 7) is 6.51. The molecule has 0 saturated carbocycles. The molecule has 0 radical (unpaired) electrons. The van der Waals surface area contributed by atoms with E-state index in [-0.39, 0.29) is 6.54 Å². The van der Waals surface area contributed by atoms with Crippen molar-refractivity contribution in [3.8, 4) is 0 Å². The minimum absolute atomic E-state index is 0.264. The molecule has 0 spiro atoms. The first-order valence-corrected chi connectivity index (χ1v) is 8.46. The number of hydroxylamine groups is 1. The van der Waals surface area contributed by atoms with Crippen LogP contribution in [0.4, 0.5) is 0 Å². The molecule has 1 rings (SSSR count). The number of carbonyl (C=O) groups is 1. The zero-order chi connectivity index (χ0) is 15.8. The number of amides is 1. The maximum Gasteiger partial charge on any atom is 0.257 e. The Hall–Kier alpha value is -1.20. The molecule has 0 fully saturated rings. The lowest BCUT2D eigenvalue weighted by Crippen LogP contribution is -2.44. The van der Waals surface area contributed by atoms with Crippen molar-refractivity contribution in [3.05, 3.63) is 35.9 Å². The molecular formula is C13H23N2O4P. The Morgan fingerprint density at radius 2 is 1.80 bits per heavy atom. The summed E-state index contributed by atoms with van der Waals surface area (Å²) in [5.41, 5.74) is 2.07. The largest absolute Gasteiger partial charge is 0.343 e. The summed E-state index contributed by atoms with van der Waals surface area (Å²) in [4.78, 5) is 20.9. The first-order chi connectivity index (χ1) is 9.31. The topological polar surface area (TPSA) is 98.7 Å².